The summed E-state index contributed by atoms with van der Waals surface area (Å²) in [4.78, 5) is 18.9. The molecule has 15 heavy (non-hydrogen) atoms. The van der Waals surface area contributed by atoms with Crippen LogP contribution in [0.25, 0.3) is 0 Å². The van der Waals surface area contributed by atoms with Crippen LogP contribution in [0.4, 0.5) is 0 Å². The summed E-state index contributed by atoms with van der Waals surface area (Å²) in [6.45, 7) is 4.42. The first-order chi connectivity index (χ1) is 7.08. The molecule has 0 aromatic carbocycles. The van der Waals surface area contributed by atoms with Gasteiger partial charge in [-0.25, -0.2) is 0 Å². The Kier molecular flexibility index (Phi) is 3.74. The minimum absolute atomic E-state index is 0.0144. The molecule has 0 aliphatic heterocycles. The summed E-state index contributed by atoms with van der Waals surface area (Å²) in [7, 11) is 0. The van der Waals surface area contributed by atoms with Crippen molar-refractivity contribution in [3.8, 4) is 0 Å². The summed E-state index contributed by atoms with van der Waals surface area (Å²) >= 11 is 0. The maximum Gasteiger partial charge on any atom is 0.305 e. The van der Waals surface area contributed by atoms with Crippen LogP contribution in [0.1, 0.15) is 26.0 Å². The average molecular weight is 209 g/mol. The van der Waals surface area contributed by atoms with E-state index in [9.17, 15) is 4.79 Å². The molecule has 1 heterocycles. The average Bonchev–Trinajstić information content (AvgIpc) is 2.18. The number of hydrogen-bond acceptors (Lipinski definition) is 4. The van der Waals surface area contributed by atoms with Crippen LogP contribution < -0.4 is 5.32 Å². The van der Waals surface area contributed by atoms with Crippen molar-refractivity contribution in [3.05, 3.63) is 24.3 Å². The molecule has 0 radical (unpaired) electrons. The fourth-order valence-corrected chi connectivity index (χ4v) is 1.52. The summed E-state index contributed by atoms with van der Waals surface area (Å²) < 4.78 is 0. The van der Waals surface area contributed by atoms with Crippen molar-refractivity contribution in [1.82, 2.24) is 15.3 Å². The molecule has 0 amide bonds. The summed E-state index contributed by atoms with van der Waals surface area (Å²) in [6.07, 6.45) is 4.70. The fourth-order valence-electron chi connectivity index (χ4n) is 1.52. The van der Waals surface area contributed by atoms with E-state index in [2.05, 4.69) is 15.3 Å². The SMILES string of the molecule is CCNC(C)(CC(=O)O)c1cnccn1. The topological polar surface area (TPSA) is 75.1 Å². The van der Waals surface area contributed by atoms with E-state index in [0.29, 0.717) is 12.2 Å². The van der Waals surface area contributed by atoms with Gasteiger partial charge in [0, 0.05) is 12.4 Å². The molecule has 0 aliphatic carbocycles. The van der Waals surface area contributed by atoms with E-state index in [1.807, 2.05) is 13.8 Å². The Bertz CT molecular complexity index is 329. The standard InChI is InChI=1S/C10H15N3O2/c1-3-13-10(2,6-9(14)15)8-7-11-4-5-12-8/h4-5,7,13H,3,6H2,1-2H3,(H,14,15). The van der Waals surface area contributed by atoms with Crippen LogP contribution in [0.15, 0.2) is 18.6 Å². The first kappa shape index (κ1) is 11.6. The van der Waals surface area contributed by atoms with Crippen LogP contribution >= 0.6 is 0 Å². The first-order valence-corrected chi connectivity index (χ1v) is 4.82. The van der Waals surface area contributed by atoms with Crippen molar-refractivity contribution in [2.45, 2.75) is 25.8 Å². The Morgan fingerprint density at radius 2 is 2.33 bits per heavy atom. The van der Waals surface area contributed by atoms with E-state index >= 15 is 0 Å². The minimum atomic E-state index is -0.857. The van der Waals surface area contributed by atoms with E-state index in [0.717, 1.165) is 0 Å². The lowest BCUT2D eigenvalue weighted by Crippen LogP contribution is -2.42. The molecular weight excluding hydrogens is 194 g/mol. The number of carbonyl (C=O) groups is 1. The van der Waals surface area contributed by atoms with Crippen LogP contribution in [-0.4, -0.2) is 27.6 Å². The lowest BCUT2D eigenvalue weighted by atomic mass is 9.94. The molecule has 1 rings (SSSR count). The van der Waals surface area contributed by atoms with E-state index in [1.165, 1.54) is 0 Å². The zero-order valence-corrected chi connectivity index (χ0v) is 8.90. The van der Waals surface area contributed by atoms with Gasteiger partial charge in [-0.05, 0) is 13.5 Å². The van der Waals surface area contributed by atoms with Crippen LogP contribution in [0, 0.1) is 0 Å². The third-order valence-corrected chi connectivity index (χ3v) is 2.20. The number of nitrogens with one attached hydrogen (secondary N) is 1. The Balaban J connectivity index is 2.95. The molecule has 5 nitrogen and oxygen atoms in total. The van der Waals surface area contributed by atoms with E-state index < -0.39 is 11.5 Å². The Hall–Kier alpha value is -1.49. The molecule has 2 N–H and O–H groups in total. The van der Waals surface area contributed by atoms with Crippen LogP contribution in [-0.2, 0) is 10.3 Å². The summed E-state index contributed by atoms with van der Waals surface area (Å²) in [5.74, 6) is -0.857. The Morgan fingerprint density at radius 3 is 2.80 bits per heavy atom. The van der Waals surface area contributed by atoms with Crippen molar-refractivity contribution in [2.75, 3.05) is 6.54 Å². The molecule has 1 aromatic heterocycles. The molecule has 5 heteroatoms. The van der Waals surface area contributed by atoms with Gasteiger partial charge in [-0.2, -0.15) is 0 Å². The number of hydrogen-bond donors (Lipinski definition) is 2. The van der Waals surface area contributed by atoms with E-state index in [4.69, 9.17) is 5.11 Å². The molecule has 0 saturated carbocycles. The maximum absolute atomic E-state index is 10.8. The largest absolute Gasteiger partial charge is 0.481 e. The van der Waals surface area contributed by atoms with Gasteiger partial charge in [-0.15, -0.1) is 0 Å². The van der Waals surface area contributed by atoms with Crippen molar-refractivity contribution < 1.29 is 9.90 Å². The van der Waals surface area contributed by atoms with Crippen LogP contribution in [0.2, 0.25) is 0 Å². The molecule has 1 atom stereocenters. The van der Waals surface area contributed by atoms with Gasteiger partial charge in [0.05, 0.1) is 23.9 Å². The summed E-state index contributed by atoms with van der Waals surface area (Å²) in [5.41, 5.74) is -0.0104. The van der Waals surface area contributed by atoms with E-state index in [1.54, 1.807) is 18.6 Å². The van der Waals surface area contributed by atoms with E-state index in [-0.39, 0.29) is 6.42 Å². The minimum Gasteiger partial charge on any atom is -0.481 e. The number of nitrogens with zero attached hydrogens (tertiary/aromatic N) is 2. The predicted molar refractivity (Wildman–Crippen MR) is 55.3 cm³/mol. The molecular formula is C10H15N3O2. The van der Waals surface area contributed by atoms with Crippen LogP contribution in [0.3, 0.4) is 0 Å². The van der Waals surface area contributed by atoms with Gasteiger partial charge in [-0.1, -0.05) is 6.92 Å². The van der Waals surface area contributed by atoms with Gasteiger partial charge in [0.2, 0.25) is 0 Å². The number of carboxylic acids is 1. The number of carboxylic acid groups (broad SMARTS) is 1. The number of aliphatic carboxylic acids is 1. The fraction of sp³-hybridized carbons (Fsp3) is 0.500. The van der Waals surface area contributed by atoms with Crippen molar-refractivity contribution in [2.24, 2.45) is 0 Å². The lowest BCUT2D eigenvalue weighted by molar-refractivity contribution is -0.138. The molecule has 0 aliphatic rings. The van der Waals surface area contributed by atoms with Crippen molar-refractivity contribution in [1.29, 1.82) is 0 Å². The predicted octanol–water partition coefficient (Wildman–Crippen LogP) is 0.776. The molecule has 0 spiro atoms. The van der Waals surface area contributed by atoms with Crippen molar-refractivity contribution in [3.63, 3.8) is 0 Å². The summed E-state index contributed by atoms with van der Waals surface area (Å²) in [5, 5.41) is 12.0. The Morgan fingerprint density at radius 1 is 1.60 bits per heavy atom. The van der Waals surface area contributed by atoms with Gasteiger partial charge in [0.15, 0.2) is 0 Å². The monoisotopic (exact) mass is 209 g/mol. The lowest BCUT2D eigenvalue weighted by Gasteiger charge is -2.27. The van der Waals surface area contributed by atoms with Gasteiger partial charge in [0.1, 0.15) is 0 Å². The zero-order valence-electron chi connectivity index (χ0n) is 8.90. The molecule has 0 fully saturated rings. The highest BCUT2D eigenvalue weighted by molar-refractivity contribution is 5.68. The number of rotatable bonds is 5. The highest BCUT2D eigenvalue weighted by Crippen LogP contribution is 2.21. The molecule has 1 unspecified atom stereocenters. The second-order valence-corrected chi connectivity index (χ2v) is 3.52. The second-order valence-electron chi connectivity index (χ2n) is 3.52. The summed E-state index contributed by atoms with van der Waals surface area (Å²) in [6, 6.07) is 0. The van der Waals surface area contributed by atoms with Gasteiger partial charge in [-0.3, -0.25) is 14.8 Å². The quantitative estimate of drug-likeness (QED) is 0.749. The smallest absolute Gasteiger partial charge is 0.305 e. The highest BCUT2D eigenvalue weighted by Gasteiger charge is 2.30. The third kappa shape index (κ3) is 2.99. The number of aromatic nitrogens is 2. The molecule has 0 saturated heterocycles. The maximum atomic E-state index is 10.8. The molecule has 0 bridgehead atoms. The zero-order chi connectivity index (χ0) is 11.3. The van der Waals surface area contributed by atoms with Gasteiger partial charge >= 0.3 is 5.97 Å². The first-order valence-electron chi connectivity index (χ1n) is 4.82. The second kappa shape index (κ2) is 4.84. The molecule has 82 valence electrons. The van der Waals surface area contributed by atoms with Gasteiger partial charge < -0.3 is 10.4 Å². The molecule has 1 aromatic rings. The third-order valence-electron chi connectivity index (χ3n) is 2.20. The normalized spacial score (nSPS) is 14.5. The Labute approximate surface area is 88.6 Å². The van der Waals surface area contributed by atoms with Crippen LogP contribution in [0.5, 0.6) is 0 Å². The van der Waals surface area contributed by atoms with Gasteiger partial charge in [0.25, 0.3) is 0 Å². The van der Waals surface area contributed by atoms with Crippen molar-refractivity contribution >= 4 is 5.97 Å². The highest BCUT2D eigenvalue weighted by atomic mass is 16.4.